The first-order chi connectivity index (χ1) is 6.96. The highest BCUT2D eigenvalue weighted by Crippen LogP contribution is 2.20. The fourth-order valence-corrected chi connectivity index (χ4v) is 2.12. The fraction of sp³-hybridized carbons (Fsp3) is 0.909. The van der Waals surface area contributed by atoms with Gasteiger partial charge in [0.25, 0.3) is 0 Å². The van der Waals surface area contributed by atoms with Crippen LogP contribution in [0.1, 0.15) is 33.6 Å². The van der Waals surface area contributed by atoms with E-state index >= 15 is 0 Å². The zero-order valence-corrected chi connectivity index (χ0v) is 10.0. The summed E-state index contributed by atoms with van der Waals surface area (Å²) < 4.78 is 0. The lowest BCUT2D eigenvalue weighted by atomic mass is 10.0. The standard InChI is InChI=1S/C11H23N3O/c1-11(2,3)14-8-4-7-13-10(15)9(14)5-6-12/h9H,4-8,12H2,1-3H3,(H,13,15). The first-order valence-electron chi connectivity index (χ1n) is 5.71. The van der Waals surface area contributed by atoms with Crippen molar-refractivity contribution >= 4 is 5.91 Å². The number of carbonyl (C=O) groups excluding carboxylic acids is 1. The molecule has 4 heteroatoms. The van der Waals surface area contributed by atoms with E-state index in [1.807, 2.05) is 0 Å². The summed E-state index contributed by atoms with van der Waals surface area (Å²) in [6, 6.07) is -0.0579. The van der Waals surface area contributed by atoms with Crippen LogP contribution in [0.3, 0.4) is 0 Å². The van der Waals surface area contributed by atoms with Crippen molar-refractivity contribution in [2.45, 2.75) is 45.2 Å². The van der Waals surface area contributed by atoms with Gasteiger partial charge in [0.1, 0.15) is 0 Å². The van der Waals surface area contributed by atoms with E-state index in [1.54, 1.807) is 0 Å². The third kappa shape index (κ3) is 3.18. The predicted molar refractivity (Wildman–Crippen MR) is 61.5 cm³/mol. The summed E-state index contributed by atoms with van der Waals surface area (Å²) in [4.78, 5) is 14.1. The molecule has 0 aromatic rings. The van der Waals surface area contributed by atoms with Crippen LogP contribution in [-0.2, 0) is 4.79 Å². The molecule has 1 rings (SSSR count). The highest BCUT2D eigenvalue weighted by atomic mass is 16.2. The van der Waals surface area contributed by atoms with Crippen molar-refractivity contribution in [2.24, 2.45) is 5.73 Å². The molecule has 1 unspecified atom stereocenters. The smallest absolute Gasteiger partial charge is 0.237 e. The van der Waals surface area contributed by atoms with Crippen molar-refractivity contribution in [2.75, 3.05) is 19.6 Å². The Morgan fingerprint density at radius 2 is 2.20 bits per heavy atom. The summed E-state index contributed by atoms with van der Waals surface area (Å²) in [6.45, 7) is 8.75. The number of hydrogen-bond donors (Lipinski definition) is 2. The van der Waals surface area contributed by atoms with Crippen molar-refractivity contribution in [1.82, 2.24) is 10.2 Å². The van der Waals surface area contributed by atoms with Gasteiger partial charge in [0.2, 0.25) is 5.91 Å². The molecule has 1 saturated heterocycles. The monoisotopic (exact) mass is 213 g/mol. The van der Waals surface area contributed by atoms with Crippen molar-refractivity contribution in [3.05, 3.63) is 0 Å². The minimum atomic E-state index is -0.0579. The van der Waals surface area contributed by atoms with Gasteiger partial charge in [0.15, 0.2) is 0 Å². The second kappa shape index (κ2) is 4.94. The molecule has 0 saturated carbocycles. The molecule has 0 spiro atoms. The maximum absolute atomic E-state index is 11.9. The van der Waals surface area contributed by atoms with Gasteiger partial charge in [-0.15, -0.1) is 0 Å². The average molecular weight is 213 g/mol. The van der Waals surface area contributed by atoms with E-state index in [-0.39, 0.29) is 17.5 Å². The van der Waals surface area contributed by atoms with Gasteiger partial charge in [-0.1, -0.05) is 0 Å². The molecule has 3 N–H and O–H groups in total. The van der Waals surface area contributed by atoms with Crippen molar-refractivity contribution in [3.8, 4) is 0 Å². The lowest BCUT2D eigenvalue weighted by molar-refractivity contribution is -0.127. The van der Waals surface area contributed by atoms with Crippen LogP contribution in [0.5, 0.6) is 0 Å². The second-order valence-electron chi connectivity index (χ2n) is 5.10. The number of nitrogens with zero attached hydrogens (tertiary/aromatic N) is 1. The van der Waals surface area contributed by atoms with E-state index in [9.17, 15) is 4.79 Å². The van der Waals surface area contributed by atoms with Crippen LogP contribution in [0.2, 0.25) is 0 Å². The van der Waals surface area contributed by atoms with Crippen LogP contribution < -0.4 is 11.1 Å². The molecular formula is C11H23N3O. The summed E-state index contributed by atoms with van der Waals surface area (Å²) in [5.41, 5.74) is 5.60. The molecule has 1 aliphatic rings. The van der Waals surface area contributed by atoms with Gasteiger partial charge in [-0.25, -0.2) is 0 Å². The summed E-state index contributed by atoms with van der Waals surface area (Å²) >= 11 is 0. The number of carbonyl (C=O) groups is 1. The maximum atomic E-state index is 11.9. The van der Waals surface area contributed by atoms with Gasteiger partial charge in [0, 0.05) is 18.6 Å². The van der Waals surface area contributed by atoms with E-state index in [0.29, 0.717) is 6.54 Å². The Kier molecular flexibility index (Phi) is 4.11. The minimum absolute atomic E-state index is 0.0293. The Balaban J connectivity index is 2.82. The van der Waals surface area contributed by atoms with Crippen LogP contribution in [0.15, 0.2) is 0 Å². The van der Waals surface area contributed by atoms with Gasteiger partial charge in [-0.2, -0.15) is 0 Å². The zero-order valence-electron chi connectivity index (χ0n) is 10.0. The van der Waals surface area contributed by atoms with Gasteiger partial charge in [-0.3, -0.25) is 9.69 Å². The zero-order chi connectivity index (χ0) is 11.5. The summed E-state index contributed by atoms with van der Waals surface area (Å²) in [7, 11) is 0. The largest absolute Gasteiger partial charge is 0.355 e. The Morgan fingerprint density at radius 3 is 2.73 bits per heavy atom. The minimum Gasteiger partial charge on any atom is -0.355 e. The maximum Gasteiger partial charge on any atom is 0.237 e. The number of rotatable bonds is 2. The molecule has 1 atom stereocenters. The molecule has 1 fully saturated rings. The number of hydrogen-bond acceptors (Lipinski definition) is 3. The van der Waals surface area contributed by atoms with Crippen LogP contribution in [0.25, 0.3) is 0 Å². The number of amides is 1. The lowest BCUT2D eigenvalue weighted by Crippen LogP contribution is -2.53. The average Bonchev–Trinajstić information content (AvgIpc) is 2.29. The summed E-state index contributed by atoms with van der Waals surface area (Å²) in [5, 5.41) is 2.95. The van der Waals surface area contributed by atoms with Crippen LogP contribution in [0.4, 0.5) is 0 Å². The Hall–Kier alpha value is -0.610. The summed E-state index contributed by atoms with van der Waals surface area (Å²) in [5.74, 6) is 0.132. The van der Waals surface area contributed by atoms with E-state index in [1.165, 1.54) is 0 Å². The molecule has 88 valence electrons. The molecule has 0 aromatic carbocycles. The predicted octanol–water partition coefficient (Wildman–Crippen LogP) is 0.324. The molecule has 0 aromatic heterocycles. The molecular weight excluding hydrogens is 190 g/mol. The van der Waals surface area contributed by atoms with Gasteiger partial charge < -0.3 is 11.1 Å². The van der Waals surface area contributed by atoms with Gasteiger partial charge >= 0.3 is 0 Å². The molecule has 0 aliphatic carbocycles. The second-order valence-corrected chi connectivity index (χ2v) is 5.10. The molecule has 4 nitrogen and oxygen atoms in total. The third-order valence-corrected chi connectivity index (χ3v) is 2.86. The van der Waals surface area contributed by atoms with Gasteiger partial charge in [-0.05, 0) is 40.2 Å². The molecule has 15 heavy (non-hydrogen) atoms. The summed E-state index contributed by atoms with van der Waals surface area (Å²) in [6.07, 6.45) is 1.76. The molecule has 0 radical (unpaired) electrons. The van der Waals surface area contributed by atoms with Crippen molar-refractivity contribution < 1.29 is 4.79 Å². The van der Waals surface area contributed by atoms with E-state index < -0.39 is 0 Å². The molecule has 0 bridgehead atoms. The Bertz CT molecular complexity index is 222. The van der Waals surface area contributed by atoms with Crippen LogP contribution in [0, 0.1) is 0 Å². The first-order valence-corrected chi connectivity index (χ1v) is 5.71. The first kappa shape index (κ1) is 12.5. The fourth-order valence-electron chi connectivity index (χ4n) is 2.12. The van der Waals surface area contributed by atoms with Crippen LogP contribution in [-0.4, -0.2) is 42.0 Å². The van der Waals surface area contributed by atoms with Crippen molar-refractivity contribution in [1.29, 1.82) is 0 Å². The third-order valence-electron chi connectivity index (χ3n) is 2.86. The molecule has 1 aliphatic heterocycles. The van der Waals surface area contributed by atoms with Gasteiger partial charge in [0.05, 0.1) is 6.04 Å². The van der Waals surface area contributed by atoms with Crippen molar-refractivity contribution in [3.63, 3.8) is 0 Å². The normalized spacial score (nSPS) is 24.8. The highest BCUT2D eigenvalue weighted by Gasteiger charge is 2.34. The molecule has 1 heterocycles. The number of nitrogens with two attached hydrogens (primary N) is 1. The molecule has 1 amide bonds. The number of nitrogens with one attached hydrogen (secondary N) is 1. The Labute approximate surface area is 92.2 Å². The van der Waals surface area contributed by atoms with E-state index in [0.717, 1.165) is 25.9 Å². The van der Waals surface area contributed by atoms with E-state index in [4.69, 9.17) is 5.73 Å². The lowest BCUT2D eigenvalue weighted by Gasteiger charge is -2.39. The SMILES string of the molecule is CC(C)(C)N1CCCNC(=O)C1CCN. The quantitative estimate of drug-likeness (QED) is 0.695. The Morgan fingerprint density at radius 1 is 1.53 bits per heavy atom. The highest BCUT2D eigenvalue weighted by molar-refractivity contribution is 5.82. The van der Waals surface area contributed by atoms with Crippen LogP contribution >= 0.6 is 0 Å². The topological polar surface area (TPSA) is 58.4 Å². The van der Waals surface area contributed by atoms with E-state index in [2.05, 4.69) is 31.0 Å².